The van der Waals surface area contributed by atoms with Crippen molar-refractivity contribution in [2.45, 2.75) is 25.3 Å². The molecule has 1 unspecified atom stereocenters. The highest BCUT2D eigenvalue weighted by Gasteiger charge is 2.30. The first-order chi connectivity index (χ1) is 7.88. The number of nitrogens with zero attached hydrogens (tertiary/aromatic N) is 4. The number of likely N-dealkylation sites (N-methyl/N-ethyl adjacent to an activating group) is 1. The van der Waals surface area contributed by atoms with Crippen molar-refractivity contribution in [1.29, 1.82) is 0 Å². The third kappa shape index (κ3) is 1.67. The molecular formula is C11H15N5. The van der Waals surface area contributed by atoms with Crippen molar-refractivity contribution >= 4 is 5.65 Å². The van der Waals surface area contributed by atoms with Gasteiger partial charge >= 0.3 is 0 Å². The van der Waals surface area contributed by atoms with E-state index in [1.54, 1.807) is 6.33 Å². The normalized spacial score (nSPS) is 17.8. The lowest BCUT2D eigenvalue weighted by Crippen LogP contribution is -2.30. The number of aromatic nitrogens is 4. The van der Waals surface area contributed by atoms with Crippen molar-refractivity contribution in [2.24, 2.45) is 5.92 Å². The van der Waals surface area contributed by atoms with Crippen LogP contribution < -0.4 is 5.32 Å². The summed E-state index contributed by atoms with van der Waals surface area (Å²) in [5, 5.41) is 11.4. The van der Waals surface area contributed by atoms with Crippen molar-refractivity contribution < 1.29 is 0 Å². The molecule has 0 aromatic carbocycles. The molecule has 0 aliphatic heterocycles. The van der Waals surface area contributed by atoms with E-state index < -0.39 is 0 Å². The second-order valence-electron chi connectivity index (χ2n) is 4.37. The summed E-state index contributed by atoms with van der Waals surface area (Å²) in [7, 11) is 2.02. The first kappa shape index (κ1) is 9.72. The standard InChI is InChI=1S/C11H15N5/c1-12-9(8-2-3-8)6-10-11-15-14-7-16(11)5-4-13-10/h4-5,7-9,12H,2-3,6H2,1H3. The van der Waals surface area contributed by atoms with Gasteiger partial charge in [-0.3, -0.25) is 9.38 Å². The molecule has 1 atom stereocenters. The summed E-state index contributed by atoms with van der Waals surface area (Å²) in [4.78, 5) is 4.41. The minimum absolute atomic E-state index is 0.524. The van der Waals surface area contributed by atoms with Crippen molar-refractivity contribution in [3.8, 4) is 0 Å². The maximum atomic E-state index is 4.41. The fraction of sp³-hybridized carbons (Fsp3) is 0.545. The summed E-state index contributed by atoms with van der Waals surface area (Å²) >= 11 is 0. The van der Waals surface area contributed by atoms with Gasteiger partial charge in [0.1, 0.15) is 6.33 Å². The van der Waals surface area contributed by atoms with Crippen LogP contribution in [0.1, 0.15) is 18.5 Å². The van der Waals surface area contributed by atoms with Gasteiger partial charge in [0.15, 0.2) is 5.65 Å². The Hall–Kier alpha value is -1.49. The second kappa shape index (κ2) is 3.83. The number of hydrogen-bond acceptors (Lipinski definition) is 4. The van der Waals surface area contributed by atoms with E-state index in [0.29, 0.717) is 6.04 Å². The van der Waals surface area contributed by atoms with Gasteiger partial charge in [0.05, 0.1) is 5.69 Å². The first-order valence-electron chi connectivity index (χ1n) is 5.69. The Bertz CT molecular complexity index is 488. The lowest BCUT2D eigenvalue weighted by molar-refractivity contribution is 0.496. The van der Waals surface area contributed by atoms with E-state index in [1.165, 1.54) is 12.8 Å². The average Bonchev–Trinajstić information content (AvgIpc) is 3.03. The van der Waals surface area contributed by atoms with Crippen LogP contribution >= 0.6 is 0 Å². The van der Waals surface area contributed by atoms with Crippen LogP contribution in [0.4, 0.5) is 0 Å². The quantitative estimate of drug-likeness (QED) is 0.817. The highest BCUT2D eigenvalue weighted by atomic mass is 15.2. The molecular weight excluding hydrogens is 202 g/mol. The highest BCUT2D eigenvalue weighted by molar-refractivity contribution is 5.42. The predicted octanol–water partition coefficient (Wildman–Crippen LogP) is 0.665. The van der Waals surface area contributed by atoms with Crippen LogP contribution in [-0.4, -0.2) is 32.7 Å². The van der Waals surface area contributed by atoms with Crippen LogP contribution in [0, 0.1) is 5.92 Å². The van der Waals surface area contributed by atoms with Crippen molar-refractivity contribution in [1.82, 2.24) is 24.9 Å². The molecule has 5 heteroatoms. The molecule has 0 radical (unpaired) electrons. The molecule has 1 saturated carbocycles. The topological polar surface area (TPSA) is 55.1 Å². The van der Waals surface area contributed by atoms with Crippen LogP contribution in [0.15, 0.2) is 18.7 Å². The van der Waals surface area contributed by atoms with Gasteiger partial charge < -0.3 is 5.32 Å². The number of nitrogens with one attached hydrogen (secondary N) is 1. The van der Waals surface area contributed by atoms with Gasteiger partial charge in [0, 0.05) is 24.9 Å². The molecule has 0 amide bonds. The van der Waals surface area contributed by atoms with E-state index in [1.807, 2.05) is 23.8 Å². The molecule has 1 fully saturated rings. The summed E-state index contributed by atoms with van der Waals surface area (Å²) in [5.41, 5.74) is 1.91. The Morgan fingerprint density at radius 3 is 3.19 bits per heavy atom. The Morgan fingerprint density at radius 2 is 2.44 bits per heavy atom. The SMILES string of the molecule is CNC(Cc1nccn2cnnc12)C1CC1. The van der Waals surface area contributed by atoms with Gasteiger partial charge in [-0.05, 0) is 25.8 Å². The van der Waals surface area contributed by atoms with E-state index in [0.717, 1.165) is 23.7 Å². The molecule has 84 valence electrons. The number of hydrogen-bond donors (Lipinski definition) is 1. The maximum Gasteiger partial charge on any atom is 0.182 e. The smallest absolute Gasteiger partial charge is 0.182 e. The monoisotopic (exact) mass is 217 g/mol. The Labute approximate surface area is 93.9 Å². The van der Waals surface area contributed by atoms with E-state index in [-0.39, 0.29) is 0 Å². The Balaban J connectivity index is 1.89. The number of rotatable bonds is 4. The van der Waals surface area contributed by atoms with Crippen LogP contribution in [0.2, 0.25) is 0 Å². The van der Waals surface area contributed by atoms with E-state index >= 15 is 0 Å². The van der Waals surface area contributed by atoms with Crippen LogP contribution in [-0.2, 0) is 6.42 Å². The van der Waals surface area contributed by atoms with Crippen LogP contribution in [0.5, 0.6) is 0 Å². The van der Waals surface area contributed by atoms with Crippen LogP contribution in [0.25, 0.3) is 5.65 Å². The van der Waals surface area contributed by atoms with Crippen LogP contribution in [0.3, 0.4) is 0 Å². The third-order valence-electron chi connectivity index (χ3n) is 3.26. The molecule has 5 nitrogen and oxygen atoms in total. The fourth-order valence-electron chi connectivity index (χ4n) is 2.17. The molecule has 16 heavy (non-hydrogen) atoms. The zero-order valence-corrected chi connectivity index (χ0v) is 9.30. The molecule has 1 aliphatic rings. The molecule has 1 aliphatic carbocycles. The number of fused-ring (bicyclic) bond motifs is 1. The molecule has 1 N–H and O–H groups in total. The first-order valence-corrected chi connectivity index (χ1v) is 5.69. The Kier molecular flexibility index (Phi) is 2.32. The largest absolute Gasteiger partial charge is 0.316 e. The fourth-order valence-corrected chi connectivity index (χ4v) is 2.17. The van der Waals surface area contributed by atoms with Gasteiger partial charge in [-0.2, -0.15) is 0 Å². The van der Waals surface area contributed by atoms with Crippen molar-refractivity contribution in [3.63, 3.8) is 0 Å². The predicted molar refractivity (Wildman–Crippen MR) is 60.1 cm³/mol. The lowest BCUT2D eigenvalue weighted by atomic mass is 10.1. The third-order valence-corrected chi connectivity index (χ3v) is 3.26. The maximum absolute atomic E-state index is 4.41. The molecule has 0 spiro atoms. The zero-order chi connectivity index (χ0) is 11.0. The molecule has 2 aromatic heterocycles. The van der Waals surface area contributed by atoms with Crippen molar-refractivity contribution in [3.05, 3.63) is 24.4 Å². The average molecular weight is 217 g/mol. The summed E-state index contributed by atoms with van der Waals surface area (Å²) in [5.74, 6) is 0.815. The second-order valence-corrected chi connectivity index (χ2v) is 4.37. The van der Waals surface area contributed by atoms with Gasteiger partial charge in [-0.15, -0.1) is 10.2 Å². The highest BCUT2D eigenvalue weighted by Crippen LogP contribution is 2.33. The summed E-state index contributed by atoms with van der Waals surface area (Å²) in [6.07, 6.45) is 9.01. The lowest BCUT2D eigenvalue weighted by Gasteiger charge is -2.14. The van der Waals surface area contributed by atoms with Crippen molar-refractivity contribution in [2.75, 3.05) is 7.05 Å². The van der Waals surface area contributed by atoms with Gasteiger partial charge in [0.2, 0.25) is 0 Å². The van der Waals surface area contributed by atoms with Gasteiger partial charge in [-0.25, -0.2) is 0 Å². The molecule has 3 rings (SSSR count). The van der Waals surface area contributed by atoms with E-state index in [2.05, 4.69) is 20.5 Å². The van der Waals surface area contributed by atoms with E-state index in [9.17, 15) is 0 Å². The summed E-state index contributed by atoms with van der Waals surface area (Å²) in [6.45, 7) is 0. The minimum atomic E-state index is 0.524. The van der Waals surface area contributed by atoms with Gasteiger partial charge in [-0.1, -0.05) is 0 Å². The van der Waals surface area contributed by atoms with Gasteiger partial charge in [0.25, 0.3) is 0 Å². The molecule has 0 saturated heterocycles. The zero-order valence-electron chi connectivity index (χ0n) is 9.30. The van der Waals surface area contributed by atoms with E-state index in [4.69, 9.17) is 0 Å². The Morgan fingerprint density at radius 1 is 1.56 bits per heavy atom. The molecule has 2 heterocycles. The molecule has 0 bridgehead atoms. The summed E-state index contributed by atoms with van der Waals surface area (Å²) < 4.78 is 1.92. The molecule has 2 aromatic rings. The summed E-state index contributed by atoms with van der Waals surface area (Å²) in [6, 6.07) is 0.524. The minimum Gasteiger partial charge on any atom is -0.316 e.